The summed E-state index contributed by atoms with van der Waals surface area (Å²) in [6, 6.07) is 3.36. The van der Waals surface area contributed by atoms with Gasteiger partial charge in [-0.2, -0.15) is 0 Å². The first-order chi connectivity index (χ1) is 8.61. The van der Waals surface area contributed by atoms with Crippen LogP contribution in [-0.4, -0.2) is 51.6 Å². The average Bonchev–Trinajstić information content (AvgIpc) is 2.39. The Morgan fingerprint density at radius 1 is 1.44 bits per heavy atom. The molecule has 5 nitrogen and oxygen atoms in total. The summed E-state index contributed by atoms with van der Waals surface area (Å²) in [4.78, 5) is 18.1. The second-order valence-electron chi connectivity index (χ2n) is 3.92. The molecule has 2 heterocycles. The van der Waals surface area contributed by atoms with Gasteiger partial charge in [-0.15, -0.1) is 0 Å². The number of halogens is 1. The second-order valence-corrected chi connectivity index (χ2v) is 6.02. The fraction of sp³-hybridized carbons (Fsp3) is 0.455. The lowest BCUT2D eigenvalue weighted by atomic mass is 10.3. The van der Waals surface area contributed by atoms with Crippen molar-refractivity contribution in [1.82, 2.24) is 9.88 Å². The molecule has 0 saturated carbocycles. The van der Waals surface area contributed by atoms with Gasteiger partial charge >= 0.3 is 0 Å². The molecule has 98 valence electrons. The predicted molar refractivity (Wildman–Crippen MR) is 72.6 cm³/mol. The maximum absolute atomic E-state index is 12.2. The molecule has 0 aliphatic carbocycles. The summed E-state index contributed by atoms with van der Waals surface area (Å²) in [5.41, 5.74) is 0.246. The van der Waals surface area contributed by atoms with Crippen LogP contribution >= 0.6 is 11.6 Å². The minimum absolute atomic E-state index is 0.200. The standard InChI is InChI=1S/C11H14ClN3O2S/c1-13-9-3-2-8(12)10(14-9)11(16)15-4-6-18(17)7-5-15/h2-3H,4-7H2,1H3,(H,13,14). The number of rotatable bonds is 2. The van der Waals surface area contributed by atoms with E-state index in [0.717, 1.165) is 0 Å². The van der Waals surface area contributed by atoms with E-state index in [0.29, 0.717) is 35.4 Å². The third kappa shape index (κ3) is 2.81. The third-order valence-electron chi connectivity index (χ3n) is 2.77. The maximum atomic E-state index is 12.2. The highest BCUT2D eigenvalue weighted by Gasteiger charge is 2.24. The van der Waals surface area contributed by atoms with Crippen LogP contribution in [0.3, 0.4) is 0 Å². The summed E-state index contributed by atoms with van der Waals surface area (Å²) in [5.74, 6) is 1.45. The molecule has 0 atom stereocenters. The van der Waals surface area contributed by atoms with Crippen LogP contribution in [0.15, 0.2) is 12.1 Å². The van der Waals surface area contributed by atoms with Crippen molar-refractivity contribution in [3.63, 3.8) is 0 Å². The molecule has 1 aliphatic heterocycles. The van der Waals surface area contributed by atoms with Crippen LogP contribution in [0.1, 0.15) is 10.5 Å². The number of hydrogen-bond acceptors (Lipinski definition) is 4. The molecule has 0 spiro atoms. The van der Waals surface area contributed by atoms with E-state index < -0.39 is 10.8 Å². The van der Waals surface area contributed by atoms with Crippen LogP contribution in [-0.2, 0) is 10.8 Å². The molecular weight excluding hydrogens is 274 g/mol. The van der Waals surface area contributed by atoms with Gasteiger partial charge in [-0.3, -0.25) is 9.00 Å². The van der Waals surface area contributed by atoms with Crippen LogP contribution in [0.25, 0.3) is 0 Å². The largest absolute Gasteiger partial charge is 0.373 e. The van der Waals surface area contributed by atoms with Crippen molar-refractivity contribution in [2.45, 2.75) is 0 Å². The molecule has 2 rings (SSSR count). The Labute approximate surface area is 113 Å². The summed E-state index contributed by atoms with van der Waals surface area (Å²) < 4.78 is 11.3. The highest BCUT2D eigenvalue weighted by Crippen LogP contribution is 2.19. The highest BCUT2D eigenvalue weighted by molar-refractivity contribution is 7.85. The molecule has 0 bridgehead atoms. The van der Waals surface area contributed by atoms with Gasteiger partial charge in [0.05, 0.1) is 5.02 Å². The molecule has 1 aliphatic rings. The average molecular weight is 288 g/mol. The van der Waals surface area contributed by atoms with E-state index >= 15 is 0 Å². The Morgan fingerprint density at radius 2 is 2.11 bits per heavy atom. The lowest BCUT2D eigenvalue weighted by Crippen LogP contribution is -2.42. The Kier molecular flexibility index (Phi) is 4.19. The second kappa shape index (κ2) is 5.67. The van der Waals surface area contributed by atoms with E-state index in [-0.39, 0.29) is 11.6 Å². The van der Waals surface area contributed by atoms with E-state index in [9.17, 15) is 9.00 Å². The van der Waals surface area contributed by atoms with Gasteiger partial charge in [0.1, 0.15) is 11.5 Å². The summed E-state index contributed by atoms with van der Waals surface area (Å²) >= 11 is 6.00. The third-order valence-corrected chi connectivity index (χ3v) is 4.35. The molecule has 0 radical (unpaired) electrons. The molecule has 18 heavy (non-hydrogen) atoms. The normalized spacial score (nSPS) is 16.7. The van der Waals surface area contributed by atoms with E-state index in [2.05, 4.69) is 10.3 Å². The van der Waals surface area contributed by atoms with Crippen LogP contribution in [0, 0.1) is 0 Å². The van der Waals surface area contributed by atoms with Gasteiger partial charge in [-0.25, -0.2) is 4.98 Å². The van der Waals surface area contributed by atoms with Crippen molar-refractivity contribution in [2.24, 2.45) is 0 Å². The Morgan fingerprint density at radius 3 is 2.72 bits per heavy atom. The summed E-state index contributed by atoms with van der Waals surface area (Å²) in [7, 11) is 0.926. The lowest BCUT2D eigenvalue weighted by molar-refractivity contribution is 0.0766. The maximum Gasteiger partial charge on any atom is 0.274 e. The minimum Gasteiger partial charge on any atom is -0.373 e. The van der Waals surface area contributed by atoms with Gasteiger partial charge < -0.3 is 10.2 Å². The van der Waals surface area contributed by atoms with Gasteiger partial charge in [0.2, 0.25) is 0 Å². The quantitative estimate of drug-likeness (QED) is 0.881. The lowest BCUT2D eigenvalue weighted by Gasteiger charge is -2.26. The summed E-state index contributed by atoms with van der Waals surface area (Å²) in [5, 5.41) is 3.21. The van der Waals surface area contributed by atoms with Crippen molar-refractivity contribution in [3.8, 4) is 0 Å². The van der Waals surface area contributed by atoms with E-state index in [4.69, 9.17) is 11.6 Å². The van der Waals surface area contributed by atoms with Crippen LogP contribution in [0.2, 0.25) is 5.02 Å². The van der Waals surface area contributed by atoms with Gasteiger partial charge in [-0.1, -0.05) is 11.6 Å². The van der Waals surface area contributed by atoms with Gasteiger partial charge in [-0.05, 0) is 12.1 Å². The summed E-state index contributed by atoms with van der Waals surface area (Å²) in [6.45, 7) is 0.987. The molecule has 1 N–H and O–H groups in total. The fourth-order valence-electron chi connectivity index (χ4n) is 1.72. The zero-order valence-electron chi connectivity index (χ0n) is 9.98. The summed E-state index contributed by atoms with van der Waals surface area (Å²) in [6.07, 6.45) is 0. The number of hydrogen-bond donors (Lipinski definition) is 1. The van der Waals surface area contributed by atoms with E-state index in [1.54, 1.807) is 24.1 Å². The number of nitrogens with one attached hydrogen (secondary N) is 1. The molecule has 1 saturated heterocycles. The van der Waals surface area contributed by atoms with Crippen molar-refractivity contribution in [1.29, 1.82) is 0 Å². The Balaban J connectivity index is 2.20. The van der Waals surface area contributed by atoms with Crippen LogP contribution in [0.5, 0.6) is 0 Å². The Hall–Kier alpha value is -1.14. The molecule has 7 heteroatoms. The number of anilines is 1. The topological polar surface area (TPSA) is 62.3 Å². The zero-order chi connectivity index (χ0) is 13.1. The van der Waals surface area contributed by atoms with Gasteiger partial charge in [0, 0.05) is 42.4 Å². The smallest absolute Gasteiger partial charge is 0.274 e. The highest BCUT2D eigenvalue weighted by atomic mass is 35.5. The number of carbonyl (C=O) groups is 1. The first kappa shape index (κ1) is 13.3. The van der Waals surface area contributed by atoms with Crippen molar-refractivity contribution in [3.05, 3.63) is 22.8 Å². The van der Waals surface area contributed by atoms with Crippen molar-refractivity contribution >= 4 is 34.1 Å². The predicted octanol–water partition coefficient (Wildman–Crippen LogP) is 0.981. The molecule has 0 unspecified atom stereocenters. The molecule has 1 aromatic heterocycles. The van der Waals surface area contributed by atoms with Crippen molar-refractivity contribution in [2.75, 3.05) is 37.0 Å². The van der Waals surface area contributed by atoms with Gasteiger partial charge in [0.25, 0.3) is 5.91 Å². The van der Waals surface area contributed by atoms with Gasteiger partial charge in [0.15, 0.2) is 0 Å². The first-order valence-corrected chi connectivity index (χ1v) is 7.47. The number of aromatic nitrogens is 1. The van der Waals surface area contributed by atoms with Crippen LogP contribution < -0.4 is 5.32 Å². The van der Waals surface area contributed by atoms with Crippen molar-refractivity contribution < 1.29 is 9.00 Å². The molecule has 0 aromatic carbocycles. The molecule has 1 aromatic rings. The SMILES string of the molecule is CNc1ccc(Cl)c(C(=O)N2CCS(=O)CC2)n1. The fourth-order valence-corrected chi connectivity index (χ4v) is 2.96. The zero-order valence-corrected chi connectivity index (χ0v) is 11.6. The van der Waals surface area contributed by atoms with Crippen LogP contribution in [0.4, 0.5) is 5.82 Å². The van der Waals surface area contributed by atoms with E-state index in [1.165, 1.54) is 0 Å². The minimum atomic E-state index is -0.805. The number of nitrogens with zero attached hydrogens (tertiary/aromatic N) is 2. The Bertz CT molecular complexity index is 485. The number of pyridine rings is 1. The monoisotopic (exact) mass is 287 g/mol. The van der Waals surface area contributed by atoms with E-state index in [1.807, 2.05) is 0 Å². The molecular formula is C11H14ClN3O2S. The molecule has 1 fully saturated rings. The number of amides is 1. The molecule has 1 amide bonds. The number of carbonyl (C=O) groups excluding carboxylic acids is 1. The first-order valence-electron chi connectivity index (χ1n) is 5.60.